The number of hydrogen-bond acceptors (Lipinski definition) is 13. The molecule has 0 spiro atoms. The number of carbonyl (C=O) groups is 1. The summed E-state index contributed by atoms with van der Waals surface area (Å²) in [5.41, 5.74) is 0. The lowest BCUT2D eigenvalue weighted by Gasteiger charge is -2.46. The average molecular weight is 946 g/mol. The minimum atomic E-state index is -1.78. The summed E-state index contributed by atoms with van der Waals surface area (Å²) < 4.78 is 22.7. The Morgan fingerprint density at radius 3 is 1.39 bits per heavy atom. The van der Waals surface area contributed by atoms with E-state index in [4.69, 9.17) is 18.9 Å². The van der Waals surface area contributed by atoms with Crippen LogP contribution < -0.4 is 5.32 Å². The van der Waals surface area contributed by atoms with Gasteiger partial charge in [-0.25, -0.2) is 0 Å². The summed E-state index contributed by atoms with van der Waals surface area (Å²) in [6.07, 6.45) is 25.6. The maximum atomic E-state index is 13.2. The van der Waals surface area contributed by atoms with Crippen molar-refractivity contribution < 1.29 is 64.6 Å². The molecule has 2 aliphatic rings. The Kier molecular flexibility index (Phi) is 36.4. The second-order valence-electron chi connectivity index (χ2n) is 19.4. The lowest BCUT2D eigenvalue weighted by Crippen LogP contribution is -2.65. The van der Waals surface area contributed by atoms with Crippen molar-refractivity contribution in [3.05, 3.63) is 12.2 Å². The number of rotatable bonds is 42. The quantitative estimate of drug-likeness (QED) is 0.0213. The zero-order valence-corrected chi connectivity index (χ0v) is 41.5. The van der Waals surface area contributed by atoms with Crippen molar-refractivity contribution in [2.45, 2.75) is 293 Å². The smallest absolute Gasteiger partial charge is 0.220 e. The summed E-state index contributed by atoms with van der Waals surface area (Å²) in [7, 11) is 0. The molecule has 0 aliphatic carbocycles. The molecule has 12 unspecified atom stereocenters. The van der Waals surface area contributed by atoms with Crippen LogP contribution >= 0.6 is 0 Å². The van der Waals surface area contributed by atoms with E-state index in [1.165, 1.54) is 154 Å². The Hall–Kier alpha value is -1.27. The van der Waals surface area contributed by atoms with E-state index in [-0.39, 0.29) is 18.9 Å². The average Bonchev–Trinajstić information content (AvgIpc) is 3.31. The molecule has 9 N–H and O–H groups in total. The van der Waals surface area contributed by atoms with E-state index in [0.717, 1.165) is 38.5 Å². The number of unbranched alkanes of at least 4 members (excludes halogenated alkanes) is 29. The van der Waals surface area contributed by atoms with Crippen LogP contribution in [-0.2, 0) is 23.7 Å². The first-order valence-corrected chi connectivity index (χ1v) is 26.9. The standard InChI is InChI=1S/C52H99NO13/c1-3-5-7-9-11-13-14-15-16-17-18-19-20-21-22-23-24-25-26-28-30-32-34-36-44(57)53-40(41(56)35-33-31-29-27-12-10-8-6-4-2)39-63-51-49(62)47(60)50(43(38-55)65-51)66-52-48(61)46(59)45(58)42(37-54)64-52/h33,35,40-43,45-52,54-56,58-62H,3-32,34,36-39H2,1-2H3,(H,53,57)/b35-33+. The van der Waals surface area contributed by atoms with Gasteiger partial charge in [-0.2, -0.15) is 0 Å². The van der Waals surface area contributed by atoms with Gasteiger partial charge in [0.1, 0.15) is 48.8 Å². The number of nitrogens with one attached hydrogen (secondary N) is 1. The van der Waals surface area contributed by atoms with Crippen LogP contribution in [0.4, 0.5) is 0 Å². The Bertz CT molecular complexity index is 1160. The number of hydrogen-bond donors (Lipinski definition) is 9. The summed E-state index contributed by atoms with van der Waals surface area (Å²) in [4.78, 5) is 13.2. The fraction of sp³-hybridized carbons (Fsp3) is 0.942. The van der Waals surface area contributed by atoms with E-state index < -0.39 is 86.8 Å². The van der Waals surface area contributed by atoms with Crippen LogP contribution in [0.3, 0.4) is 0 Å². The minimum Gasteiger partial charge on any atom is -0.394 e. The summed E-state index contributed by atoms with van der Waals surface area (Å²) in [5, 5.41) is 86.6. The van der Waals surface area contributed by atoms with Crippen molar-refractivity contribution in [2.24, 2.45) is 0 Å². The van der Waals surface area contributed by atoms with E-state index in [0.29, 0.717) is 6.42 Å². The van der Waals surface area contributed by atoms with Crippen molar-refractivity contribution >= 4 is 5.91 Å². The van der Waals surface area contributed by atoms with Crippen LogP contribution in [0.2, 0.25) is 0 Å². The molecule has 2 rings (SSSR count). The molecule has 0 aromatic rings. The molecule has 0 aromatic carbocycles. The van der Waals surface area contributed by atoms with Gasteiger partial charge in [0.15, 0.2) is 12.6 Å². The van der Waals surface area contributed by atoms with Crippen molar-refractivity contribution in [2.75, 3.05) is 19.8 Å². The van der Waals surface area contributed by atoms with Crippen LogP contribution in [0.5, 0.6) is 0 Å². The number of aliphatic hydroxyl groups excluding tert-OH is 8. The molecule has 0 saturated carbocycles. The van der Waals surface area contributed by atoms with Crippen molar-refractivity contribution in [1.82, 2.24) is 5.32 Å². The Balaban J connectivity index is 1.72. The first-order chi connectivity index (χ1) is 32.1. The number of allylic oxidation sites excluding steroid dienone is 1. The largest absolute Gasteiger partial charge is 0.394 e. The zero-order chi connectivity index (χ0) is 48.2. The lowest BCUT2D eigenvalue weighted by atomic mass is 9.97. The maximum absolute atomic E-state index is 13.2. The Morgan fingerprint density at radius 2 is 0.939 bits per heavy atom. The summed E-state index contributed by atoms with van der Waals surface area (Å²) in [6, 6.07) is -0.907. The van der Waals surface area contributed by atoms with Gasteiger partial charge in [0.25, 0.3) is 0 Å². The molecule has 14 heteroatoms. The fourth-order valence-electron chi connectivity index (χ4n) is 9.06. The zero-order valence-electron chi connectivity index (χ0n) is 41.5. The highest BCUT2D eigenvalue weighted by Gasteiger charge is 2.51. The van der Waals surface area contributed by atoms with Crippen molar-refractivity contribution in [3.63, 3.8) is 0 Å². The molecule has 1 amide bonds. The predicted octanol–water partition coefficient (Wildman–Crippen LogP) is 7.55. The molecule has 0 aromatic heterocycles. The summed E-state index contributed by atoms with van der Waals surface area (Å²) in [6.45, 7) is 2.77. The Labute approximate surface area is 399 Å². The topological polar surface area (TPSA) is 228 Å². The first-order valence-electron chi connectivity index (χ1n) is 26.9. The van der Waals surface area contributed by atoms with Crippen LogP contribution in [0.1, 0.15) is 219 Å². The highest BCUT2D eigenvalue weighted by Crippen LogP contribution is 2.30. The number of carbonyl (C=O) groups excluding carboxylic acids is 1. The van der Waals surface area contributed by atoms with E-state index in [1.807, 2.05) is 6.08 Å². The van der Waals surface area contributed by atoms with E-state index in [1.54, 1.807) is 6.08 Å². The number of aliphatic hydroxyl groups is 8. The summed E-state index contributed by atoms with van der Waals surface area (Å²) in [5.74, 6) is -0.238. The predicted molar refractivity (Wildman–Crippen MR) is 259 cm³/mol. The van der Waals surface area contributed by atoms with Gasteiger partial charge >= 0.3 is 0 Å². The van der Waals surface area contributed by atoms with Gasteiger partial charge in [0.2, 0.25) is 5.91 Å². The molecular formula is C52H99NO13. The van der Waals surface area contributed by atoms with Gasteiger partial charge in [-0.05, 0) is 19.3 Å². The van der Waals surface area contributed by atoms with Crippen molar-refractivity contribution in [3.8, 4) is 0 Å². The van der Waals surface area contributed by atoms with Crippen LogP contribution in [0, 0.1) is 0 Å². The van der Waals surface area contributed by atoms with Crippen LogP contribution in [0.25, 0.3) is 0 Å². The molecule has 2 saturated heterocycles. The summed E-state index contributed by atoms with van der Waals surface area (Å²) >= 11 is 0. The molecular weight excluding hydrogens is 847 g/mol. The van der Waals surface area contributed by atoms with Crippen LogP contribution in [0.15, 0.2) is 12.2 Å². The number of ether oxygens (including phenoxy) is 4. The highest BCUT2D eigenvalue weighted by molar-refractivity contribution is 5.76. The second-order valence-corrected chi connectivity index (χ2v) is 19.4. The molecule has 390 valence electrons. The fourth-order valence-corrected chi connectivity index (χ4v) is 9.06. The van der Waals surface area contributed by atoms with Gasteiger partial charge in [0, 0.05) is 6.42 Å². The first kappa shape index (κ1) is 60.9. The third-order valence-corrected chi connectivity index (χ3v) is 13.5. The lowest BCUT2D eigenvalue weighted by molar-refractivity contribution is -0.359. The third kappa shape index (κ3) is 26.1. The number of amides is 1. The molecule has 0 radical (unpaired) electrons. The van der Waals surface area contributed by atoms with Gasteiger partial charge in [-0.15, -0.1) is 0 Å². The normalized spacial score (nSPS) is 26.8. The van der Waals surface area contributed by atoms with Gasteiger partial charge in [-0.3, -0.25) is 4.79 Å². The molecule has 2 fully saturated rings. The second kappa shape index (κ2) is 39.5. The molecule has 66 heavy (non-hydrogen) atoms. The van der Waals surface area contributed by atoms with Gasteiger partial charge in [0.05, 0.1) is 32.0 Å². The molecule has 2 heterocycles. The van der Waals surface area contributed by atoms with E-state index in [9.17, 15) is 45.6 Å². The monoisotopic (exact) mass is 946 g/mol. The molecule has 14 nitrogen and oxygen atoms in total. The van der Waals surface area contributed by atoms with Crippen molar-refractivity contribution in [1.29, 1.82) is 0 Å². The minimum absolute atomic E-state index is 0.238. The molecule has 12 atom stereocenters. The van der Waals surface area contributed by atoms with Gasteiger partial charge in [-0.1, -0.05) is 206 Å². The highest BCUT2D eigenvalue weighted by atomic mass is 16.7. The molecule has 2 aliphatic heterocycles. The third-order valence-electron chi connectivity index (χ3n) is 13.5. The van der Waals surface area contributed by atoms with Crippen LogP contribution in [-0.4, -0.2) is 140 Å². The molecule has 0 bridgehead atoms. The Morgan fingerprint density at radius 1 is 0.530 bits per heavy atom. The van der Waals surface area contributed by atoms with E-state index >= 15 is 0 Å². The van der Waals surface area contributed by atoms with E-state index in [2.05, 4.69) is 19.2 Å². The van der Waals surface area contributed by atoms with Gasteiger partial charge < -0.3 is 65.1 Å². The maximum Gasteiger partial charge on any atom is 0.220 e. The SMILES string of the molecule is CCCCCCCCC/C=C/C(O)C(COC1OC(CO)C(OC2OC(CO)C(O)C(O)C2O)C(O)C1O)NC(=O)CCCCCCCCCCCCCCCCCCCCCCCCC.